The first-order valence-corrected chi connectivity index (χ1v) is 7.46. The third kappa shape index (κ3) is 3.05. The van der Waals surface area contributed by atoms with Gasteiger partial charge in [0.05, 0.1) is 24.8 Å². The Kier molecular flexibility index (Phi) is 3.87. The molecule has 0 bridgehead atoms. The molecule has 8 heteroatoms. The van der Waals surface area contributed by atoms with Gasteiger partial charge in [0.25, 0.3) is 0 Å². The van der Waals surface area contributed by atoms with Crippen LogP contribution in [0.5, 0.6) is 0 Å². The maximum Gasteiger partial charge on any atom is 0.318 e. The van der Waals surface area contributed by atoms with Crippen molar-refractivity contribution >= 4 is 22.0 Å². The largest absolute Gasteiger partial charge is 0.330 e. The number of carbonyl (C=O) groups is 1. The van der Waals surface area contributed by atoms with E-state index in [-0.39, 0.29) is 12.1 Å². The lowest BCUT2D eigenvalue weighted by atomic mass is 10.2. The minimum absolute atomic E-state index is 0.110. The Morgan fingerprint density at radius 2 is 2.24 bits per heavy atom. The molecule has 110 valence electrons. The highest BCUT2D eigenvalue weighted by Gasteiger charge is 2.23. The van der Waals surface area contributed by atoms with Gasteiger partial charge in [-0.05, 0) is 35.0 Å². The van der Waals surface area contributed by atoms with E-state index in [2.05, 4.69) is 36.3 Å². The van der Waals surface area contributed by atoms with Gasteiger partial charge in [0.15, 0.2) is 0 Å². The summed E-state index contributed by atoms with van der Waals surface area (Å²) in [5.74, 6) is 0.811. The molecule has 0 saturated heterocycles. The van der Waals surface area contributed by atoms with Crippen LogP contribution < -0.4 is 5.32 Å². The van der Waals surface area contributed by atoms with Gasteiger partial charge < -0.3 is 10.2 Å². The van der Waals surface area contributed by atoms with Crippen molar-refractivity contribution in [3.05, 3.63) is 40.6 Å². The van der Waals surface area contributed by atoms with Gasteiger partial charge >= 0.3 is 6.03 Å². The summed E-state index contributed by atoms with van der Waals surface area (Å²) in [7, 11) is 0. The first kappa shape index (κ1) is 14.0. The normalized spacial score (nSPS) is 15.4. The minimum Gasteiger partial charge on any atom is -0.330 e. The van der Waals surface area contributed by atoms with Crippen molar-refractivity contribution in [2.45, 2.75) is 26.1 Å². The molecule has 3 heterocycles. The number of nitrogens with one attached hydrogen (secondary N) is 1. The zero-order chi connectivity index (χ0) is 14.8. The Bertz CT molecular complexity index is 640. The van der Waals surface area contributed by atoms with Crippen LogP contribution in [0, 0.1) is 0 Å². The maximum absolute atomic E-state index is 12.3. The van der Waals surface area contributed by atoms with Crippen LogP contribution in [0.4, 0.5) is 4.79 Å². The van der Waals surface area contributed by atoms with Crippen LogP contribution in [0.25, 0.3) is 0 Å². The number of aromatic nitrogens is 4. The number of carbonyl (C=O) groups excluding carboxylic acids is 1. The molecule has 0 saturated carbocycles. The van der Waals surface area contributed by atoms with Crippen LogP contribution in [0.15, 0.2) is 29.1 Å². The summed E-state index contributed by atoms with van der Waals surface area (Å²) >= 11 is 3.35. The molecule has 3 rings (SSSR count). The fraction of sp³-hybridized carbons (Fsp3) is 0.385. The second-order valence-corrected chi connectivity index (χ2v) is 5.81. The highest BCUT2D eigenvalue weighted by atomic mass is 79.9. The number of halogens is 1. The zero-order valence-electron chi connectivity index (χ0n) is 11.5. The lowest BCUT2D eigenvalue weighted by Crippen LogP contribution is -2.45. The Labute approximate surface area is 130 Å². The van der Waals surface area contributed by atoms with Crippen molar-refractivity contribution < 1.29 is 4.79 Å². The Morgan fingerprint density at radius 3 is 3.00 bits per heavy atom. The van der Waals surface area contributed by atoms with Crippen LogP contribution in [-0.2, 0) is 13.1 Å². The van der Waals surface area contributed by atoms with E-state index in [9.17, 15) is 4.79 Å². The second-order valence-electron chi connectivity index (χ2n) is 4.89. The molecule has 0 spiro atoms. The number of pyridine rings is 1. The average Bonchev–Trinajstić information content (AvgIpc) is 2.95. The molecular weight excluding hydrogens is 336 g/mol. The molecule has 0 fully saturated rings. The summed E-state index contributed by atoms with van der Waals surface area (Å²) < 4.78 is 2.74. The zero-order valence-corrected chi connectivity index (χ0v) is 13.1. The van der Waals surface area contributed by atoms with Crippen LogP contribution in [-0.4, -0.2) is 37.2 Å². The third-order valence-corrected chi connectivity index (χ3v) is 3.90. The number of hydrogen-bond donors (Lipinski definition) is 1. The van der Waals surface area contributed by atoms with Crippen molar-refractivity contribution in [1.29, 1.82) is 0 Å². The molecule has 2 aromatic rings. The summed E-state index contributed by atoms with van der Waals surface area (Å²) in [5.41, 5.74) is 0.826. The predicted molar refractivity (Wildman–Crippen MR) is 79.3 cm³/mol. The molecular formula is C13H15BrN6O. The smallest absolute Gasteiger partial charge is 0.318 e. The number of hydrogen-bond acceptors (Lipinski definition) is 4. The van der Waals surface area contributed by atoms with E-state index in [0.717, 1.165) is 16.0 Å². The van der Waals surface area contributed by atoms with Gasteiger partial charge in [-0.1, -0.05) is 0 Å². The van der Waals surface area contributed by atoms with Gasteiger partial charge in [-0.25, -0.2) is 14.5 Å². The molecule has 2 amide bonds. The first-order chi connectivity index (χ1) is 10.1. The second kappa shape index (κ2) is 5.80. The van der Waals surface area contributed by atoms with Crippen molar-refractivity contribution in [3.63, 3.8) is 0 Å². The van der Waals surface area contributed by atoms with E-state index in [0.29, 0.717) is 19.6 Å². The van der Waals surface area contributed by atoms with E-state index < -0.39 is 0 Å². The van der Waals surface area contributed by atoms with Crippen LogP contribution >= 0.6 is 15.9 Å². The maximum atomic E-state index is 12.3. The molecule has 7 nitrogen and oxygen atoms in total. The first-order valence-electron chi connectivity index (χ1n) is 6.67. The topological polar surface area (TPSA) is 75.9 Å². The third-order valence-electron chi connectivity index (χ3n) is 3.43. The quantitative estimate of drug-likeness (QED) is 0.894. The van der Waals surface area contributed by atoms with Crippen LogP contribution in [0.3, 0.4) is 0 Å². The monoisotopic (exact) mass is 350 g/mol. The fourth-order valence-corrected chi connectivity index (χ4v) is 2.46. The van der Waals surface area contributed by atoms with Gasteiger partial charge in [-0.2, -0.15) is 5.10 Å². The summed E-state index contributed by atoms with van der Waals surface area (Å²) in [5, 5.41) is 7.06. The molecule has 1 atom stereocenters. The Morgan fingerprint density at radius 1 is 1.38 bits per heavy atom. The average molecular weight is 351 g/mol. The van der Waals surface area contributed by atoms with Crippen molar-refractivity contribution in [2.24, 2.45) is 0 Å². The van der Waals surface area contributed by atoms with Gasteiger partial charge in [0, 0.05) is 17.2 Å². The number of fused-ring (bicyclic) bond motifs is 1. The van der Waals surface area contributed by atoms with E-state index in [1.807, 2.05) is 23.7 Å². The van der Waals surface area contributed by atoms with Crippen LogP contribution in [0.1, 0.15) is 24.5 Å². The molecule has 0 aliphatic carbocycles. The molecule has 1 N–H and O–H groups in total. The highest BCUT2D eigenvalue weighted by molar-refractivity contribution is 9.10. The van der Waals surface area contributed by atoms with Gasteiger partial charge in [-0.3, -0.25) is 4.98 Å². The summed E-state index contributed by atoms with van der Waals surface area (Å²) in [6, 6.07) is 3.54. The van der Waals surface area contributed by atoms with E-state index >= 15 is 0 Å². The van der Waals surface area contributed by atoms with Crippen LogP contribution in [0.2, 0.25) is 0 Å². The molecule has 2 aromatic heterocycles. The van der Waals surface area contributed by atoms with Crippen molar-refractivity contribution in [3.8, 4) is 0 Å². The van der Waals surface area contributed by atoms with Gasteiger partial charge in [0.2, 0.25) is 0 Å². The Balaban J connectivity index is 1.63. The molecule has 0 radical (unpaired) electrons. The lowest BCUT2D eigenvalue weighted by Gasteiger charge is -2.28. The molecule has 0 aromatic carbocycles. The Hall–Kier alpha value is -1.96. The van der Waals surface area contributed by atoms with Crippen molar-refractivity contribution in [1.82, 2.24) is 30.0 Å². The van der Waals surface area contributed by atoms with E-state index in [4.69, 9.17) is 0 Å². The van der Waals surface area contributed by atoms with Gasteiger partial charge in [-0.15, -0.1) is 0 Å². The standard InChI is InChI=1S/C13H15BrN6O/c1-9(11-3-2-10(14)6-15-11)18-13(21)19-4-5-20-12(7-19)16-8-17-20/h2-3,6,8-9H,4-5,7H2,1H3,(H,18,21). The fourth-order valence-electron chi connectivity index (χ4n) is 2.23. The molecule has 21 heavy (non-hydrogen) atoms. The summed E-state index contributed by atoms with van der Waals surface area (Å²) in [4.78, 5) is 22.5. The van der Waals surface area contributed by atoms with Gasteiger partial charge in [0.1, 0.15) is 12.2 Å². The summed E-state index contributed by atoms with van der Waals surface area (Å²) in [6.07, 6.45) is 3.24. The highest BCUT2D eigenvalue weighted by Crippen LogP contribution is 2.15. The minimum atomic E-state index is -0.148. The summed E-state index contributed by atoms with van der Waals surface area (Å²) in [6.45, 7) is 3.70. The van der Waals surface area contributed by atoms with E-state index in [1.165, 1.54) is 6.33 Å². The molecule has 1 aliphatic heterocycles. The predicted octanol–water partition coefficient (Wildman–Crippen LogP) is 1.72. The number of amides is 2. The molecule has 1 unspecified atom stereocenters. The number of urea groups is 1. The number of rotatable bonds is 2. The number of nitrogens with zero attached hydrogens (tertiary/aromatic N) is 5. The molecule has 1 aliphatic rings. The van der Waals surface area contributed by atoms with E-state index in [1.54, 1.807) is 11.1 Å². The lowest BCUT2D eigenvalue weighted by molar-refractivity contribution is 0.176. The van der Waals surface area contributed by atoms with Crippen molar-refractivity contribution in [2.75, 3.05) is 6.54 Å². The SMILES string of the molecule is CC(NC(=O)N1CCn2ncnc2C1)c1ccc(Br)cn1.